The number of hydrogen-bond donors (Lipinski definition) is 0. The molecule has 20 heavy (non-hydrogen) atoms. The monoisotopic (exact) mass is 278 g/mol. The summed E-state index contributed by atoms with van der Waals surface area (Å²) in [4.78, 5) is 0. The quantitative estimate of drug-likeness (QED) is 0.642. The van der Waals surface area contributed by atoms with Gasteiger partial charge in [0.25, 0.3) is 0 Å². The average Bonchev–Trinajstić information content (AvgIpc) is 3.01. The highest BCUT2D eigenvalue weighted by Crippen LogP contribution is 2.35. The maximum absolute atomic E-state index is 14.0. The lowest BCUT2D eigenvalue weighted by Gasteiger charge is -1.96. The molecule has 3 rings (SSSR count). The second-order valence-corrected chi connectivity index (χ2v) is 5.04. The van der Waals surface area contributed by atoms with Crippen molar-refractivity contribution in [3.05, 3.63) is 35.3 Å². The van der Waals surface area contributed by atoms with Gasteiger partial charge in [0.2, 0.25) is 11.6 Å². The molecule has 0 spiro atoms. The van der Waals surface area contributed by atoms with Crippen molar-refractivity contribution in [2.24, 2.45) is 0 Å². The van der Waals surface area contributed by atoms with E-state index in [1.54, 1.807) is 12.1 Å². The smallest absolute Gasteiger partial charge is 0.205 e. The Kier molecular flexibility index (Phi) is 3.24. The van der Waals surface area contributed by atoms with E-state index in [0.717, 1.165) is 12.8 Å². The molecule has 2 heterocycles. The van der Waals surface area contributed by atoms with Gasteiger partial charge in [-0.25, -0.2) is 0 Å². The van der Waals surface area contributed by atoms with E-state index < -0.39 is 11.6 Å². The Morgan fingerprint density at radius 1 is 0.800 bits per heavy atom. The molecule has 1 aromatic carbocycles. The second-order valence-electron chi connectivity index (χ2n) is 5.04. The predicted octanol–water partition coefficient (Wildman–Crippen LogP) is 5.36. The van der Waals surface area contributed by atoms with Gasteiger partial charge in [0.15, 0.2) is 11.2 Å². The third-order valence-corrected chi connectivity index (χ3v) is 3.44. The topological polar surface area (TPSA) is 26.3 Å². The molecule has 0 aliphatic rings. The predicted molar refractivity (Wildman–Crippen MR) is 73.9 cm³/mol. The highest BCUT2D eigenvalue weighted by atomic mass is 19.2. The van der Waals surface area contributed by atoms with Crippen LogP contribution in [-0.2, 0) is 12.8 Å². The van der Waals surface area contributed by atoms with Gasteiger partial charge in [0.1, 0.15) is 11.5 Å². The van der Waals surface area contributed by atoms with E-state index in [9.17, 15) is 8.78 Å². The Morgan fingerprint density at radius 3 is 1.55 bits per heavy atom. The Balaban J connectivity index is 2.31. The molecule has 0 saturated heterocycles. The van der Waals surface area contributed by atoms with Crippen molar-refractivity contribution in [2.75, 3.05) is 0 Å². The summed E-state index contributed by atoms with van der Waals surface area (Å²) in [5, 5.41) is 1.18. The minimum absolute atomic E-state index is 0.0118. The Bertz CT molecular complexity index is 702. The standard InChI is InChI=1S/C16H16F2O2/c1-3-5-9-7-11-12-8-10(6-4-2)20-16(12)14(18)13(17)15(11)19-9/h7-8H,3-6H2,1-2H3. The van der Waals surface area contributed by atoms with Crippen LogP contribution in [0.15, 0.2) is 21.0 Å². The zero-order valence-corrected chi connectivity index (χ0v) is 11.6. The molecule has 0 fully saturated rings. The minimum atomic E-state index is -0.966. The summed E-state index contributed by atoms with van der Waals surface area (Å²) in [5.41, 5.74) is -0.0235. The highest BCUT2D eigenvalue weighted by Gasteiger charge is 2.22. The summed E-state index contributed by atoms with van der Waals surface area (Å²) in [7, 11) is 0. The zero-order valence-electron chi connectivity index (χ0n) is 11.6. The van der Waals surface area contributed by atoms with E-state index in [1.807, 2.05) is 13.8 Å². The van der Waals surface area contributed by atoms with E-state index in [0.29, 0.717) is 35.1 Å². The first-order chi connectivity index (χ1) is 9.65. The number of hydrogen-bond acceptors (Lipinski definition) is 2. The van der Waals surface area contributed by atoms with Crippen molar-refractivity contribution in [1.29, 1.82) is 0 Å². The van der Waals surface area contributed by atoms with Gasteiger partial charge in [-0.05, 0) is 25.0 Å². The molecule has 106 valence electrons. The Morgan fingerprint density at radius 2 is 1.20 bits per heavy atom. The molecule has 0 atom stereocenters. The normalized spacial score (nSPS) is 11.8. The van der Waals surface area contributed by atoms with E-state index in [2.05, 4.69) is 0 Å². The largest absolute Gasteiger partial charge is 0.458 e. The van der Waals surface area contributed by atoms with E-state index in [4.69, 9.17) is 8.83 Å². The van der Waals surface area contributed by atoms with Crippen LogP contribution in [0.25, 0.3) is 21.9 Å². The number of aryl methyl sites for hydroxylation is 2. The number of fused-ring (bicyclic) bond motifs is 3. The Labute approximate surface area is 115 Å². The summed E-state index contributed by atoms with van der Waals surface area (Å²) in [6.07, 6.45) is 3.19. The molecule has 0 aliphatic carbocycles. The van der Waals surface area contributed by atoms with Gasteiger partial charge in [-0.2, -0.15) is 8.78 Å². The molecule has 0 saturated carbocycles. The second kappa shape index (κ2) is 4.93. The van der Waals surface area contributed by atoms with Gasteiger partial charge in [0, 0.05) is 23.6 Å². The van der Waals surface area contributed by atoms with Crippen LogP contribution in [-0.4, -0.2) is 0 Å². The van der Waals surface area contributed by atoms with Crippen LogP contribution >= 0.6 is 0 Å². The third-order valence-electron chi connectivity index (χ3n) is 3.44. The number of benzene rings is 1. The van der Waals surface area contributed by atoms with Crippen LogP contribution < -0.4 is 0 Å². The first-order valence-corrected chi connectivity index (χ1v) is 6.97. The molecule has 3 aromatic rings. The number of furan rings is 2. The first-order valence-electron chi connectivity index (χ1n) is 6.97. The summed E-state index contributed by atoms with van der Waals surface area (Å²) < 4.78 is 39.0. The summed E-state index contributed by atoms with van der Waals surface area (Å²) in [5.74, 6) is -0.586. The molecule has 2 aromatic heterocycles. The van der Waals surface area contributed by atoms with Gasteiger partial charge < -0.3 is 8.83 Å². The summed E-state index contributed by atoms with van der Waals surface area (Å²) in [6, 6.07) is 3.57. The molecular formula is C16H16F2O2. The fourth-order valence-corrected chi connectivity index (χ4v) is 2.55. The number of rotatable bonds is 4. The van der Waals surface area contributed by atoms with Crippen LogP contribution in [0.3, 0.4) is 0 Å². The molecule has 0 unspecified atom stereocenters. The maximum Gasteiger partial charge on any atom is 0.205 e. The van der Waals surface area contributed by atoms with E-state index >= 15 is 0 Å². The molecule has 4 heteroatoms. The fourth-order valence-electron chi connectivity index (χ4n) is 2.55. The molecule has 0 aliphatic heterocycles. The van der Waals surface area contributed by atoms with Gasteiger partial charge in [-0.3, -0.25) is 0 Å². The molecule has 0 bridgehead atoms. The molecule has 2 nitrogen and oxygen atoms in total. The van der Waals surface area contributed by atoms with Crippen LogP contribution in [0, 0.1) is 11.6 Å². The SMILES string of the molecule is CCCc1cc2c(o1)c(F)c(F)c1oc(CCC)cc12. The first kappa shape index (κ1) is 13.2. The summed E-state index contributed by atoms with van der Waals surface area (Å²) >= 11 is 0. The average molecular weight is 278 g/mol. The van der Waals surface area contributed by atoms with Crippen LogP contribution in [0.2, 0.25) is 0 Å². The molecule has 0 N–H and O–H groups in total. The van der Waals surface area contributed by atoms with Gasteiger partial charge in [-0.15, -0.1) is 0 Å². The maximum atomic E-state index is 14.0. The lowest BCUT2D eigenvalue weighted by atomic mass is 10.1. The number of halogens is 2. The Hall–Kier alpha value is -1.84. The lowest BCUT2D eigenvalue weighted by molar-refractivity contribution is 0.462. The van der Waals surface area contributed by atoms with Gasteiger partial charge >= 0.3 is 0 Å². The van der Waals surface area contributed by atoms with Crippen molar-refractivity contribution < 1.29 is 17.6 Å². The lowest BCUT2D eigenvalue weighted by Crippen LogP contribution is -1.85. The zero-order chi connectivity index (χ0) is 14.3. The van der Waals surface area contributed by atoms with Crippen LogP contribution in [0.5, 0.6) is 0 Å². The third kappa shape index (κ3) is 1.90. The van der Waals surface area contributed by atoms with E-state index in [-0.39, 0.29) is 11.2 Å². The minimum Gasteiger partial charge on any atom is -0.458 e. The molecular weight excluding hydrogens is 262 g/mol. The van der Waals surface area contributed by atoms with Crippen LogP contribution in [0.4, 0.5) is 8.78 Å². The van der Waals surface area contributed by atoms with E-state index in [1.165, 1.54) is 0 Å². The summed E-state index contributed by atoms with van der Waals surface area (Å²) in [6.45, 7) is 4.02. The van der Waals surface area contributed by atoms with Crippen molar-refractivity contribution in [2.45, 2.75) is 39.5 Å². The van der Waals surface area contributed by atoms with Crippen molar-refractivity contribution in [3.8, 4) is 0 Å². The van der Waals surface area contributed by atoms with Crippen LogP contribution in [0.1, 0.15) is 38.2 Å². The van der Waals surface area contributed by atoms with Crippen molar-refractivity contribution in [1.82, 2.24) is 0 Å². The molecule has 0 radical (unpaired) electrons. The van der Waals surface area contributed by atoms with Crippen molar-refractivity contribution >= 4 is 21.9 Å². The van der Waals surface area contributed by atoms with Crippen molar-refractivity contribution in [3.63, 3.8) is 0 Å². The van der Waals surface area contributed by atoms with Gasteiger partial charge in [-0.1, -0.05) is 13.8 Å². The van der Waals surface area contributed by atoms with Gasteiger partial charge in [0.05, 0.1) is 0 Å². The highest BCUT2D eigenvalue weighted by molar-refractivity contribution is 6.04. The fraction of sp³-hybridized carbons (Fsp3) is 0.375. The molecule has 0 amide bonds.